The second-order valence-electron chi connectivity index (χ2n) is 9.03. The van der Waals surface area contributed by atoms with Gasteiger partial charge in [-0.2, -0.15) is 5.10 Å². The van der Waals surface area contributed by atoms with Crippen LogP contribution in [0.5, 0.6) is 5.75 Å². The van der Waals surface area contributed by atoms with Crippen molar-refractivity contribution < 1.29 is 9.53 Å². The van der Waals surface area contributed by atoms with Crippen molar-refractivity contribution in [3.8, 4) is 11.4 Å². The Kier molecular flexibility index (Phi) is 6.18. The van der Waals surface area contributed by atoms with E-state index in [1.54, 1.807) is 7.11 Å². The van der Waals surface area contributed by atoms with Crippen LogP contribution in [0.2, 0.25) is 0 Å². The average molecular weight is 445 g/mol. The molecule has 1 aromatic heterocycles. The molecule has 1 aliphatic heterocycles. The van der Waals surface area contributed by atoms with E-state index in [0.29, 0.717) is 19.0 Å². The number of methoxy groups -OCH3 is 1. The fourth-order valence-electron chi connectivity index (χ4n) is 4.75. The lowest BCUT2D eigenvalue weighted by atomic mass is 10.0. The lowest BCUT2D eigenvalue weighted by Crippen LogP contribution is -2.34. The first-order valence-corrected chi connectivity index (χ1v) is 12.0. The molecule has 2 heterocycles. The van der Waals surface area contributed by atoms with Crippen LogP contribution in [-0.2, 0) is 30.8 Å². The number of hydrogen-bond donors (Lipinski definition) is 0. The average Bonchev–Trinajstić information content (AvgIpc) is 3.64. The van der Waals surface area contributed by atoms with Gasteiger partial charge in [0.15, 0.2) is 0 Å². The molecule has 1 amide bonds. The van der Waals surface area contributed by atoms with E-state index in [2.05, 4.69) is 50.9 Å². The number of amides is 1. The second-order valence-corrected chi connectivity index (χ2v) is 9.03. The summed E-state index contributed by atoms with van der Waals surface area (Å²) in [6.07, 6.45) is 3.70. The van der Waals surface area contributed by atoms with Crippen molar-refractivity contribution in [1.82, 2.24) is 19.6 Å². The predicted molar refractivity (Wildman–Crippen MR) is 128 cm³/mol. The molecule has 0 unspecified atom stereocenters. The number of para-hydroxylation sites is 1. The molecule has 3 aromatic rings. The van der Waals surface area contributed by atoms with E-state index in [9.17, 15) is 4.79 Å². The maximum absolute atomic E-state index is 12.7. The van der Waals surface area contributed by atoms with Gasteiger partial charge in [-0.3, -0.25) is 9.69 Å². The van der Waals surface area contributed by atoms with E-state index >= 15 is 0 Å². The predicted octanol–water partition coefficient (Wildman–Crippen LogP) is 4.34. The van der Waals surface area contributed by atoms with Crippen molar-refractivity contribution in [3.63, 3.8) is 0 Å². The smallest absolute Gasteiger partial charge is 0.222 e. The van der Waals surface area contributed by atoms with Crippen LogP contribution in [0, 0.1) is 0 Å². The first-order valence-electron chi connectivity index (χ1n) is 12.0. The van der Waals surface area contributed by atoms with Crippen molar-refractivity contribution in [1.29, 1.82) is 0 Å². The van der Waals surface area contributed by atoms with Gasteiger partial charge in [0, 0.05) is 44.1 Å². The maximum Gasteiger partial charge on any atom is 0.222 e. The summed E-state index contributed by atoms with van der Waals surface area (Å²) < 4.78 is 7.41. The molecule has 1 fully saturated rings. The Bertz CT molecular complexity index is 1100. The van der Waals surface area contributed by atoms with Crippen LogP contribution in [0.25, 0.3) is 5.69 Å². The number of benzene rings is 2. The Morgan fingerprint density at radius 2 is 1.88 bits per heavy atom. The molecule has 1 aliphatic carbocycles. The number of nitrogens with zero attached hydrogens (tertiary/aromatic N) is 4. The van der Waals surface area contributed by atoms with E-state index in [1.807, 2.05) is 25.1 Å². The van der Waals surface area contributed by atoms with E-state index in [0.717, 1.165) is 56.0 Å². The highest BCUT2D eigenvalue weighted by Crippen LogP contribution is 2.32. The van der Waals surface area contributed by atoms with E-state index < -0.39 is 0 Å². The fraction of sp³-hybridized carbons (Fsp3) is 0.407. The van der Waals surface area contributed by atoms with Crippen LogP contribution in [-0.4, -0.2) is 45.2 Å². The molecule has 5 rings (SSSR count). The number of hydrogen-bond acceptors (Lipinski definition) is 4. The van der Waals surface area contributed by atoms with Crippen LogP contribution in [0.1, 0.15) is 48.7 Å². The number of fused-ring (bicyclic) bond motifs is 1. The molecular weight excluding hydrogens is 412 g/mol. The molecule has 2 aliphatic rings. The lowest BCUT2D eigenvalue weighted by Gasteiger charge is -2.28. The zero-order valence-corrected chi connectivity index (χ0v) is 19.5. The monoisotopic (exact) mass is 444 g/mol. The van der Waals surface area contributed by atoms with Crippen LogP contribution < -0.4 is 4.74 Å². The zero-order chi connectivity index (χ0) is 22.8. The number of carbonyl (C=O) groups excluding carboxylic acids is 1. The SMILES string of the molecule is CCC(=O)N(Cc1nn(-c2ccccc2)c2c1CN(Cc1ccc(OC)cc1)CC2)C1CC1. The molecule has 0 atom stereocenters. The third-order valence-corrected chi connectivity index (χ3v) is 6.72. The molecule has 0 bridgehead atoms. The zero-order valence-electron chi connectivity index (χ0n) is 19.5. The van der Waals surface area contributed by atoms with Gasteiger partial charge in [0.1, 0.15) is 5.75 Å². The van der Waals surface area contributed by atoms with Crippen LogP contribution in [0.4, 0.5) is 0 Å². The highest BCUT2D eigenvalue weighted by atomic mass is 16.5. The van der Waals surface area contributed by atoms with Gasteiger partial charge in [-0.15, -0.1) is 0 Å². The normalized spacial score (nSPS) is 15.8. The molecule has 6 heteroatoms. The largest absolute Gasteiger partial charge is 0.497 e. The van der Waals surface area contributed by atoms with Gasteiger partial charge in [0.05, 0.1) is 30.7 Å². The van der Waals surface area contributed by atoms with Crippen LogP contribution in [0.3, 0.4) is 0 Å². The number of carbonyl (C=O) groups is 1. The molecule has 172 valence electrons. The van der Waals surface area contributed by atoms with Gasteiger partial charge in [-0.1, -0.05) is 37.3 Å². The Balaban J connectivity index is 1.44. The van der Waals surface area contributed by atoms with E-state index in [1.165, 1.54) is 16.8 Å². The maximum atomic E-state index is 12.7. The van der Waals surface area contributed by atoms with Gasteiger partial charge >= 0.3 is 0 Å². The highest BCUT2D eigenvalue weighted by molar-refractivity contribution is 5.76. The van der Waals surface area contributed by atoms with Crippen molar-refractivity contribution >= 4 is 5.91 Å². The minimum absolute atomic E-state index is 0.228. The summed E-state index contributed by atoms with van der Waals surface area (Å²) in [5.41, 5.74) is 5.97. The number of ether oxygens (including phenoxy) is 1. The van der Waals surface area contributed by atoms with Gasteiger partial charge in [0.2, 0.25) is 5.91 Å². The summed E-state index contributed by atoms with van der Waals surface area (Å²) in [7, 11) is 1.70. The Labute approximate surface area is 195 Å². The molecule has 33 heavy (non-hydrogen) atoms. The number of rotatable bonds is 8. The second kappa shape index (κ2) is 9.40. The molecule has 0 radical (unpaired) electrons. The molecule has 0 N–H and O–H groups in total. The van der Waals surface area contributed by atoms with Gasteiger partial charge in [-0.25, -0.2) is 4.68 Å². The summed E-state index contributed by atoms with van der Waals surface area (Å²) in [6.45, 7) is 5.28. The van der Waals surface area contributed by atoms with Crippen molar-refractivity contribution in [2.45, 2.75) is 58.3 Å². The quantitative estimate of drug-likeness (QED) is 0.519. The molecule has 2 aromatic carbocycles. The lowest BCUT2D eigenvalue weighted by molar-refractivity contribution is -0.132. The summed E-state index contributed by atoms with van der Waals surface area (Å²) in [5.74, 6) is 1.11. The fourth-order valence-corrected chi connectivity index (χ4v) is 4.75. The first-order chi connectivity index (χ1) is 16.2. The van der Waals surface area contributed by atoms with Crippen LogP contribution in [0.15, 0.2) is 54.6 Å². The van der Waals surface area contributed by atoms with Crippen LogP contribution >= 0.6 is 0 Å². The Morgan fingerprint density at radius 3 is 2.55 bits per heavy atom. The van der Waals surface area contributed by atoms with Crippen molar-refractivity contribution in [3.05, 3.63) is 77.1 Å². The Hall–Kier alpha value is -3.12. The van der Waals surface area contributed by atoms with E-state index in [4.69, 9.17) is 9.84 Å². The Morgan fingerprint density at radius 1 is 1.12 bits per heavy atom. The molecule has 6 nitrogen and oxygen atoms in total. The summed E-state index contributed by atoms with van der Waals surface area (Å²) in [5, 5.41) is 5.07. The highest BCUT2D eigenvalue weighted by Gasteiger charge is 2.34. The van der Waals surface area contributed by atoms with Gasteiger partial charge in [-0.05, 0) is 42.7 Å². The summed E-state index contributed by atoms with van der Waals surface area (Å²) in [6, 6.07) is 19.1. The minimum atomic E-state index is 0.228. The standard InChI is InChI=1S/C27H32N4O2/c1-3-27(32)30(21-11-12-21)19-25-24-18-29(17-20-9-13-23(33-2)14-10-20)16-15-26(24)31(28-25)22-7-5-4-6-8-22/h4-10,13-14,21H,3,11-12,15-19H2,1-2H3. The molecular formula is C27H32N4O2. The number of aromatic nitrogens is 2. The topological polar surface area (TPSA) is 50.6 Å². The summed E-state index contributed by atoms with van der Waals surface area (Å²) >= 11 is 0. The first kappa shape index (κ1) is 21.7. The minimum Gasteiger partial charge on any atom is -0.497 e. The molecule has 0 spiro atoms. The van der Waals surface area contributed by atoms with Crippen molar-refractivity contribution in [2.75, 3.05) is 13.7 Å². The van der Waals surface area contributed by atoms with E-state index in [-0.39, 0.29) is 5.91 Å². The third kappa shape index (κ3) is 4.67. The third-order valence-electron chi connectivity index (χ3n) is 6.72. The summed E-state index contributed by atoms with van der Waals surface area (Å²) in [4.78, 5) is 17.2. The van der Waals surface area contributed by atoms with Gasteiger partial charge in [0.25, 0.3) is 0 Å². The van der Waals surface area contributed by atoms with Crippen molar-refractivity contribution in [2.24, 2.45) is 0 Å². The van der Waals surface area contributed by atoms with Gasteiger partial charge < -0.3 is 9.64 Å². The molecule has 0 saturated heterocycles. The molecule has 1 saturated carbocycles.